The highest BCUT2D eigenvalue weighted by atomic mass is 14.7. The number of rotatable bonds is 1. The lowest BCUT2D eigenvalue weighted by atomic mass is 9.94. The number of fused-ring (bicyclic) bond motifs is 6. The summed E-state index contributed by atoms with van der Waals surface area (Å²) >= 11 is 0. The van der Waals surface area contributed by atoms with E-state index in [9.17, 15) is 0 Å². The molecule has 0 aliphatic rings. The van der Waals surface area contributed by atoms with Gasteiger partial charge in [0, 0.05) is 17.1 Å². The maximum absolute atomic E-state index is 4.87. The van der Waals surface area contributed by atoms with Crippen molar-refractivity contribution in [1.29, 1.82) is 0 Å². The van der Waals surface area contributed by atoms with Crippen LogP contribution in [0.1, 0.15) is 5.56 Å². The van der Waals surface area contributed by atoms with E-state index in [0.717, 1.165) is 5.69 Å². The molecule has 1 nitrogen and oxygen atoms in total. The van der Waals surface area contributed by atoms with Crippen LogP contribution in [0.5, 0.6) is 0 Å². The SMILES string of the molecule is Cc1cc2ccc3ccccc3c2cc1-c1cc2ccc3ccccc3c2cn1. The molecular formula is C28H19N. The number of hydrogen-bond acceptors (Lipinski definition) is 1. The molecule has 0 aliphatic heterocycles. The van der Waals surface area contributed by atoms with Crippen molar-refractivity contribution < 1.29 is 0 Å². The first-order valence-electron chi connectivity index (χ1n) is 9.98. The van der Waals surface area contributed by atoms with Gasteiger partial charge in [0.2, 0.25) is 0 Å². The second-order valence-electron chi connectivity index (χ2n) is 7.75. The fraction of sp³-hybridized carbons (Fsp3) is 0.0357. The lowest BCUT2D eigenvalue weighted by Gasteiger charge is -2.12. The topological polar surface area (TPSA) is 12.9 Å². The zero-order valence-corrected chi connectivity index (χ0v) is 16.2. The van der Waals surface area contributed by atoms with Crippen LogP contribution in [0.15, 0.2) is 97.2 Å². The number of aryl methyl sites for hydroxylation is 1. The summed E-state index contributed by atoms with van der Waals surface area (Å²) in [5, 5.41) is 10.1. The molecule has 0 saturated heterocycles. The Kier molecular flexibility index (Phi) is 3.45. The van der Waals surface area contributed by atoms with Crippen LogP contribution in [0.3, 0.4) is 0 Å². The Labute approximate surface area is 169 Å². The molecule has 0 bridgehead atoms. The summed E-state index contributed by atoms with van der Waals surface area (Å²) in [5.74, 6) is 0. The van der Waals surface area contributed by atoms with Crippen molar-refractivity contribution in [1.82, 2.24) is 4.98 Å². The largest absolute Gasteiger partial charge is 0.256 e. The van der Waals surface area contributed by atoms with Gasteiger partial charge in [-0.1, -0.05) is 78.9 Å². The molecule has 136 valence electrons. The molecule has 0 aliphatic carbocycles. The highest BCUT2D eigenvalue weighted by Gasteiger charge is 2.10. The summed E-state index contributed by atoms with van der Waals surface area (Å²) in [4.78, 5) is 4.87. The Morgan fingerprint density at radius 1 is 0.517 bits per heavy atom. The van der Waals surface area contributed by atoms with Gasteiger partial charge in [-0.3, -0.25) is 4.98 Å². The third-order valence-corrected chi connectivity index (χ3v) is 6.00. The van der Waals surface area contributed by atoms with E-state index in [1.807, 2.05) is 6.20 Å². The quantitative estimate of drug-likeness (QED) is 0.271. The number of hydrogen-bond donors (Lipinski definition) is 0. The monoisotopic (exact) mass is 369 g/mol. The molecule has 6 rings (SSSR count). The Hall–Kier alpha value is -3.71. The van der Waals surface area contributed by atoms with Gasteiger partial charge in [0.25, 0.3) is 0 Å². The van der Waals surface area contributed by atoms with Crippen molar-refractivity contribution in [3.63, 3.8) is 0 Å². The first-order chi connectivity index (χ1) is 14.3. The van der Waals surface area contributed by atoms with Crippen molar-refractivity contribution in [3.05, 3.63) is 103 Å². The van der Waals surface area contributed by atoms with Crippen LogP contribution in [-0.4, -0.2) is 4.98 Å². The lowest BCUT2D eigenvalue weighted by Crippen LogP contribution is -1.90. The molecule has 0 saturated carbocycles. The second kappa shape index (κ2) is 6.15. The number of benzene rings is 5. The molecular weight excluding hydrogens is 350 g/mol. The van der Waals surface area contributed by atoms with Crippen LogP contribution in [0.25, 0.3) is 54.3 Å². The molecule has 1 heterocycles. The van der Waals surface area contributed by atoms with E-state index >= 15 is 0 Å². The van der Waals surface area contributed by atoms with E-state index in [4.69, 9.17) is 4.98 Å². The van der Waals surface area contributed by atoms with Gasteiger partial charge >= 0.3 is 0 Å². The van der Waals surface area contributed by atoms with E-state index in [-0.39, 0.29) is 0 Å². The average molecular weight is 369 g/mol. The fourth-order valence-electron chi connectivity index (χ4n) is 4.49. The highest BCUT2D eigenvalue weighted by molar-refractivity contribution is 6.10. The zero-order valence-electron chi connectivity index (χ0n) is 16.2. The van der Waals surface area contributed by atoms with Crippen LogP contribution in [0.4, 0.5) is 0 Å². The smallest absolute Gasteiger partial charge is 0.0711 e. The molecule has 1 aromatic heterocycles. The summed E-state index contributed by atoms with van der Waals surface area (Å²) in [6.45, 7) is 2.18. The molecule has 5 aromatic carbocycles. The molecule has 0 unspecified atom stereocenters. The molecule has 0 N–H and O–H groups in total. The predicted octanol–water partition coefficient (Wildman–Crippen LogP) is 7.67. The van der Waals surface area contributed by atoms with Crippen molar-refractivity contribution in [2.24, 2.45) is 0 Å². The van der Waals surface area contributed by atoms with Gasteiger partial charge in [-0.05, 0) is 62.3 Å². The molecule has 29 heavy (non-hydrogen) atoms. The molecule has 1 heteroatoms. The summed E-state index contributed by atoms with van der Waals surface area (Å²) < 4.78 is 0. The second-order valence-corrected chi connectivity index (χ2v) is 7.75. The Morgan fingerprint density at radius 3 is 1.83 bits per heavy atom. The molecule has 0 fully saturated rings. The molecule has 0 radical (unpaired) electrons. The van der Waals surface area contributed by atoms with Crippen molar-refractivity contribution in [3.8, 4) is 11.3 Å². The van der Waals surface area contributed by atoms with Crippen LogP contribution in [0, 0.1) is 6.92 Å². The fourth-order valence-corrected chi connectivity index (χ4v) is 4.49. The number of aromatic nitrogens is 1. The molecule has 0 amide bonds. The van der Waals surface area contributed by atoms with Gasteiger partial charge in [-0.25, -0.2) is 0 Å². The van der Waals surface area contributed by atoms with Crippen LogP contribution in [-0.2, 0) is 0 Å². The standard InChI is InChI=1S/C28H19N/c1-18-14-21-12-10-19-6-2-4-8-23(19)26(21)16-25(18)28-15-22-13-11-20-7-3-5-9-24(20)27(22)17-29-28/h2-17H,1H3. The van der Waals surface area contributed by atoms with Crippen LogP contribution in [0.2, 0.25) is 0 Å². The summed E-state index contributed by atoms with van der Waals surface area (Å²) in [6, 6.07) is 32.7. The third-order valence-electron chi connectivity index (χ3n) is 6.00. The van der Waals surface area contributed by atoms with E-state index in [1.54, 1.807) is 0 Å². The average Bonchev–Trinajstić information content (AvgIpc) is 2.78. The molecule has 6 aromatic rings. The minimum Gasteiger partial charge on any atom is -0.256 e. The van der Waals surface area contributed by atoms with Crippen molar-refractivity contribution in [2.75, 3.05) is 0 Å². The summed E-state index contributed by atoms with van der Waals surface area (Å²) in [5.41, 5.74) is 3.48. The zero-order chi connectivity index (χ0) is 19.4. The van der Waals surface area contributed by atoms with Crippen molar-refractivity contribution >= 4 is 43.1 Å². The van der Waals surface area contributed by atoms with Gasteiger partial charge in [0.05, 0.1) is 5.69 Å². The van der Waals surface area contributed by atoms with Gasteiger partial charge in [0.1, 0.15) is 0 Å². The van der Waals surface area contributed by atoms with Crippen molar-refractivity contribution in [2.45, 2.75) is 6.92 Å². The first kappa shape index (κ1) is 16.3. The van der Waals surface area contributed by atoms with E-state index in [1.165, 1.54) is 54.2 Å². The number of nitrogens with zero attached hydrogens (tertiary/aromatic N) is 1. The van der Waals surface area contributed by atoms with Gasteiger partial charge < -0.3 is 0 Å². The normalized spacial score (nSPS) is 11.6. The minimum absolute atomic E-state index is 1.03. The van der Waals surface area contributed by atoms with Crippen LogP contribution < -0.4 is 0 Å². The summed E-state index contributed by atoms with van der Waals surface area (Å²) in [6.07, 6.45) is 2.03. The maximum Gasteiger partial charge on any atom is 0.0711 e. The Morgan fingerprint density at radius 2 is 1.10 bits per heavy atom. The predicted molar refractivity (Wildman–Crippen MR) is 124 cm³/mol. The first-order valence-corrected chi connectivity index (χ1v) is 9.98. The highest BCUT2D eigenvalue weighted by Crippen LogP contribution is 2.34. The van der Waals surface area contributed by atoms with Gasteiger partial charge in [-0.15, -0.1) is 0 Å². The molecule has 0 spiro atoms. The van der Waals surface area contributed by atoms with Gasteiger partial charge in [0.15, 0.2) is 0 Å². The maximum atomic E-state index is 4.87. The Balaban J connectivity index is 1.62. The Bertz CT molecular complexity index is 1560. The van der Waals surface area contributed by atoms with E-state index in [2.05, 4.69) is 97.9 Å². The third kappa shape index (κ3) is 2.51. The lowest BCUT2D eigenvalue weighted by molar-refractivity contribution is 1.34. The summed E-state index contributed by atoms with van der Waals surface area (Å²) in [7, 11) is 0. The van der Waals surface area contributed by atoms with E-state index in [0.29, 0.717) is 0 Å². The van der Waals surface area contributed by atoms with Crippen LogP contribution >= 0.6 is 0 Å². The molecule has 0 atom stereocenters. The van der Waals surface area contributed by atoms with E-state index < -0.39 is 0 Å². The minimum atomic E-state index is 1.03. The van der Waals surface area contributed by atoms with Gasteiger partial charge in [-0.2, -0.15) is 0 Å². The number of pyridine rings is 1.